The van der Waals surface area contributed by atoms with Gasteiger partial charge in [-0.2, -0.15) is 4.98 Å². The standard InChI is InChI=1S/C24H25F2N7O2/c1-35-24-28-10-16(25)22(30-24)12-2-6-15(19(34)8-12)23-27-11-20(31-32-23)33(14-4-5-14)18-9-13-3-7-17(29-13)21(18)26/h2,6,8,10-11,13-14,17-18,21,29,34H,3-5,7,9H2,1H3/t13-,17+,18+,21-/m1/s1. The minimum absolute atomic E-state index is 0.00452. The Morgan fingerprint density at radius 2 is 1.97 bits per heavy atom. The Kier molecular flexibility index (Phi) is 5.43. The number of nitrogens with one attached hydrogen (secondary N) is 1. The molecule has 6 rings (SSSR count). The molecule has 11 heteroatoms. The highest BCUT2D eigenvalue weighted by atomic mass is 19.1. The molecule has 2 bridgehead atoms. The van der Waals surface area contributed by atoms with Gasteiger partial charge in [0.1, 0.15) is 17.6 Å². The van der Waals surface area contributed by atoms with E-state index in [4.69, 9.17) is 4.74 Å². The number of aromatic nitrogens is 5. The number of benzene rings is 1. The fourth-order valence-corrected chi connectivity index (χ4v) is 5.25. The van der Waals surface area contributed by atoms with Crippen LogP contribution in [0.1, 0.15) is 32.1 Å². The average molecular weight is 482 g/mol. The molecule has 3 aromatic rings. The number of ether oxygens (including phenoxy) is 1. The van der Waals surface area contributed by atoms with E-state index in [1.807, 2.05) is 0 Å². The molecule has 1 saturated carbocycles. The molecule has 1 aliphatic carbocycles. The van der Waals surface area contributed by atoms with Crippen molar-refractivity contribution >= 4 is 5.82 Å². The normalized spacial score (nSPS) is 25.5. The fourth-order valence-electron chi connectivity index (χ4n) is 5.25. The molecule has 0 radical (unpaired) electrons. The molecule has 9 nitrogen and oxygen atoms in total. The third kappa shape index (κ3) is 4.03. The van der Waals surface area contributed by atoms with Crippen LogP contribution in [-0.2, 0) is 0 Å². The van der Waals surface area contributed by atoms with E-state index in [1.54, 1.807) is 18.3 Å². The van der Waals surface area contributed by atoms with Crippen molar-refractivity contribution in [2.45, 2.75) is 62.4 Å². The zero-order chi connectivity index (χ0) is 24.1. The number of methoxy groups -OCH3 is 1. The van der Waals surface area contributed by atoms with Gasteiger partial charge in [-0.05, 0) is 44.2 Å². The molecule has 35 heavy (non-hydrogen) atoms. The first kappa shape index (κ1) is 22.0. The highest BCUT2D eigenvalue weighted by molar-refractivity contribution is 5.71. The van der Waals surface area contributed by atoms with E-state index in [0.717, 1.165) is 38.3 Å². The second kappa shape index (κ2) is 8.63. The Bertz CT molecular complexity index is 1240. The molecular weight excluding hydrogens is 456 g/mol. The van der Waals surface area contributed by atoms with Crippen molar-refractivity contribution in [1.29, 1.82) is 0 Å². The van der Waals surface area contributed by atoms with E-state index in [2.05, 4.69) is 35.4 Å². The summed E-state index contributed by atoms with van der Waals surface area (Å²) < 4.78 is 34.5. The lowest BCUT2D eigenvalue weighted by atomic mass is 9.96. The van der Waals surface area contributed by atoms with Crippen LogP contribution in [0.4, 0.5) is 14.6 Å². The van der Waals surface area contributed by atoms with E-state index in [-0.39, 0.29) is 41.4 Å². The van der Waals surface area contributed by atoms with E-state index < -0.39 is 12.0 Å². The number of anilines is 1. The Hall–Kier alpha value is -3.47. The van der Waals surface area contributed by atoms with Crippen LogP contribution in [0, 0.1) is 5.82 Å². The van der Waals surface area contributed by atoms with Crippen LogP contribution >= 0.6 is 0 Å². The number of nitrogens with zero attached hydrogens (tertiary/aromatic N) is 6. The van der Waals surface area contributed by atoms with Crippen molar-refractivity contribution in [3.8, 4) is 34.4 Å². The molecule has 3 aliphatic rings. The lowest BCUT2D eigenvalue weighted by molar-refractivity contribution is 0.171. The highest BCUT2D eigenvalue weighted by Gasteiger charge is 2.48. The van der Waals surface area contributed by atoms with Gasteiger partial charge in [-0.15, -0.1) is 10.2 Å². The summed E-state index contributed by atoms with van der Waals surface area (Å²) in [7, 11) is 1.39. The van der Waals surface area contributed by atoms with Gasteiger partial charge >= 0.3 is 6.01 Å². The number of hydrogen-bond acceptors (Lipinski definition) is 9. The van der Waals surface area contributed by atoms with Crippen molar-refractivity contribution < 1.29 is 18.6 Å². The molecule has 4 heterocycles. The topological polar surface area (TPSA) is 109 Å². The minimum atomic E-state index is -0.965. The summed E-state index contributed by atoms with van der Waals surface area (Å²) in [5.74, 6) is -0.0161. The van der Waals surface area contributed by atoms with Crippen LogP contribution in [0.15, 0.2) is 30.6 Å². The van der Waals surface area contributed by atoms with Crippen LogP contribution in [0.2, 0.25) is 0 Å². The van der Waals surface area contributed by atoms with E-state index >= 15 is 4.39 Å². The molecule has 2 aromatic heterocycles. The molecule has 3 fully saturated rings. The van der Waals surface area contributed by atoms with Gasteiger partial charge in [0.2, 0.25) is 0 Å². The van der Waals surface area contributed by atoms with Crippen molar-refractivity contribution in [3.63, 3.8) is 0 Å². The Labute approximate surface area is 200 Å². The third-order valence-electron chi connectivity index (χ3n) is 7.08. The zero-order valence-electron chi connectivity index (χ0n) is 19.1. The second-order valence-corrected chi connectivity index (χ2v) is 9.36. The summed E-state index contributed by atoms with van der Waals surface area (Å²) >= 11 is 0. The minimum Gasteiger partial charge on any atom is -0.507 e. The molecule has 1 aromatic carbocycles. The number of hydrogen-bond donors (Lipinski definition) is 2. The van der Waals surface area contributed by atoms with Gasteiger partial charge < -0.3 is 20.1 Å². The number of piperidine rings is 1. The number of fused-ring (bicyclic) bond motifs is 2. The van der Waals surface area contributed by atoms with Crippen LogP contribution in [-0.4, -0.2) is 67.7 Å². The van der Waals surface area contributed by atoms with Crippen molar-refractivity contribution in [1.82, 2.24) is 30.5 Å². The van der Waals surface area contributed by atoms with Gasteiger partial charge in [-0.25, -0.2) is 18.7 Å². The smallest absolute Gasteiger partial charge is 0.316 e. The van der Waals surface area contributed by atoms with Crippen molar-refractivity contribution in [2.75, 3.05) is 12.0 Å². The lowest BCUT2D eigenvalue weighted by Crippen LogP contribution is -2.57. The predicted molar refractivity (Wildman–Crippen MR) is 123 cm³/mol. The average Bonchev–Trinajstić information content (AvgIpc) is 3.62. The molecule has 4 atom stereocenters. The van der Waals surface area contributed by atoms with Crippen LogP contribution in [0.5, 0.6) is 11.8 Å². The van der Waals surface area contributed by atoms with Crippen molar-refractivity contribution in [3.05, 3.63) is 36.4 Å². The van der Waals surface area contributed by atoms with Gasteiger partial charge in [-0.3, -0.25) is 0 Å². The van der Waals surface area contributed by atoms with Crippen LogP contribution < -0.4 is 15.0 Å². The van der Waals surface area contributed by atoms with Gasteiger partial charge in [0.25, 0.3) is 0 Å². The van der Waals surface area contributed by atoms with Gasteiger partial charge in [0.05, 0.1) is 31.1 Å². The van der Waals surface area contributed by atoms with Crippen LogP contribution in [0.3, 0.4) is 0 Å². The van der Waals surface area contributed by atoms with E-state index in [9.17, 15) is 9.50 Å². The Morgan fingerprint density at radius 3 is 2.69 bits per heavy atom. The first-order valence-corrected chi connectivity index (χ1v) is 11.8. The van der Waals surface area contributed by atoms with Gasteiger partial charge in [0, 0.05) is 23.7 Å². The number of aromatic hydroxyl groups is 1. The van der Waals surface area contributed by atoms with Crippen molar-refractivity contribution in [2.24, 2.45) is 0 Å². The van der Waals surface area contributed by atoms with E-state index in [1.165, 1.54) is 13.2 Å². The first-order valence-electron chi connectivity index (χ1n) is 11.8. The summed E-state index contributed by atoms with van der Waals surface area (Å²) in [6, 6.07) is 4.84. The summed E-state index contributed by atoms with van der Waals surface area (Å²) in [5.41, 5.74) is 0.698. The second-order valence-electron chi connectivity index (χ2n) is 9.36. The number of phenols is 1. The monoisotopic (exact) mass is 481 g/mol. The number of alkyl halides is 1. The van der Waals surface area contributed by atoms with E-state index in [0.29, 0.717) is 23.0 Å². The molecule has 0 unspecified atom stereocenters. The first-order chi connectivity index (χ1) is 17.0. The molecule has 2 aliphatic heterocycles. The number of halogens is 2. The summed E-state index contributed by atoms with van der Waals surface area (Å²) in [6.45, 7) is 0. The Balaban J connectivity index is 1.27. The molecule has 182 valence electrons. The molecular formula is C24H25F2N7O2. The fraction of sp³-hybridized carbons (Fsp3) is 0.458. The molecule has 2 N–H and O–H groups in total. The summed E-state index contributed by atoms with van der Waals surface area (Å²) in [5, 5.41) is 22.6. The van der Waals surface area contributed by atoms with Gasteiger partial charge in [0.15, 0.2) is 17.5 Å². The third-order valence-corrected chi connectivity index (χ3v) is 7.08. The molecule has 0 spiro atoms. The van der Waals surface area contributed by atoms with Crippen LogP contribution in [0.25, 0.3) is 22.6 Å². The maximum Gasteiger partial charge on any atom is 0.316 e. The SMILES string of the molecule is COc1ncc(F)c(-c2ccc(-c3ncc(N(C4CC4)[C@H]4C[C@H]5CC[C@H](N5)[C@H]4F)nn3)c(O)c2)n1. The lowest BCUT2D eigenvalue weighted by Gasteiger charge is -2.40. The summed E-state index contributed by atoms with van der Waals surface area (Å²) in [4.78, 5) is 14.2. The Morgan fingerprint density at radius 1 is 1.11 bits per heavy atom. The maximum absolute atomic E-state index is 15.3. The highest BCUT2D eigenvalue weighted by Crippen LogP contribution is 2.40. The molecule has 2 saturated heterocycles. The molecule has 0 amide bonds. The largest absolute Gasteiger partial charge is 0.507 e. The number of rotatable bonds is 6. The predicted octanol–water partition coefficient (Wildman–Crippen LogP) is 3.05. The van der Waals surface area contributed by atoms with Gasteiger partial charge in [-0.1, -0.05) is 6.07 Å². The zero-order valence-corrected chi connectivity index (χ0v) is 19.1. The maximum atomic E-state index is 15.3. The quantitative estimate of drug-likeness (QED) is 0.549. The number of phenolic OH excluding ortho intramolecular Hbond substituents is 1. The summed E-state index contributed by atoms with van der Waals surface area (Å²) in [6.07, 6.45) is 6.26.